The first-order valence-electron chi connectivity index (χ1n) is 8.99. The topological polar surface area (TPSA) is 51.0 Å². The Balaban J connectivity index is 1.56. The molecule has 130 valence electrons. The zero-order valence-corrected chi connectivity index (χ0v) is 14.5. The Hall–Kier alpha value is -2.61. The van der Waals surface area contributed by atoms with Crippen molar-refractivity contribution in [3.8, 4) is 11.8 Å². The van der Waals surface area contributed by atoms with Gasteiger partial charge in [0.15, 0.2) is 0 Å². The molecule has 1 aromatic carbocycles. The molecule has 0 radical (unpaired) electrons. The zero-order chi connectivity index (χ0) is 17.3. The van der Waals surface area contributed by atoms with Gasteiger partial charge in [0.05, 0.1) is 6.54 Å². The maximum atomic E-state index is 12.7. The monoisotopic (exact) mass is 336 g/mol. The van der Waals surface area contributed by atoms with Crippen molar-refractivity contribution >= 4 is 5.91 Å². The molecule has 0 N–H and O–H groups in total. The van der Waals surface area contributed by atoms with Crippen molar-refractivity contribution in [3.05, 3.63) is 48.5 Å². The van der Waals surface area contributed by atoms with Crippen LogP contribution >= 0.6 is 0 Å². The van der Waals surface area contributed by atoms with E-state index in [1.54, 1.807) is 11.0 Å². The van der Waals surface area contributed by atoms with Crippen LogP contribution in [0.15, 0.2) is 43.0 Å². The van der Waals surface area contributed by atoms with Gasteiger partial charge >= 0.3 is 0 Å². The van der Waals surface area contributed by atoms with Crippen LogP contribution in [0, 0.1) is 11.8 Å². The Labute approximate surface area is 149 Å². The third-order valence-electron chi connectivity index (χ3n) is 4.59. The Morgan fingerprint density at radius 2 is 2.04 bits per heavy atom. The fraction of sp³-hybridized carbons (Fsp3) is 0.450. The van der Waals surface area contributed by atoms with E-state index in [1.807, 2.05) is 35.2 Å². The molecular formula is C20H24N4O. The molecule has 3 rings (SSSR count). The number of aromatic nitrogens is 3. The lowest BCUT2D eigenvalue weighted by Gasteiger charge is -2.27. The van der Waals surface area contributed by atoms with E-state index < -0.39 is 0 Å². The SMILES string of the molecule is O=C(CCCn1cncn1)N(CC#Cc1ccccc1)C1CCCC1. The highest BCUT2D eigenvalue weighted by molar-refractivity contribution is 5.76. The average Bonchev–Trinajstić information content (AvgIpc) is 3.33. The largest absolute Gasteiger partial charge is 0.329 e. The summed E-state index contributed by atoms with van der Waals surface area (Å²) in [5.74, 6) is 6.56. The minimum atomic E-state index is 0.203. The number of aryl methyl sites for hydroxylation is 1. The number of hydrogen-bond donors (Lipinski definition) is 0. The molecule has 1 aliphatic rings. The number of carbonyl (C=O) groups is 1. The van der Waals surface area contributed by atoms with Crippen LogP contribution in [0.5, 0.6) is 0 Å². The molecule has 1 aromatic heterocycles. The molecule has 0 spiro atoms. The molecule has 0 aliphatic heterocycles. The van der Waals surface area contributed by atoms with Crippen LogP contribution in [0.2, 0.25) is 0 Å². The van der Waals surface area contributed by atoms with Gasteiger partial charge in [0.2, 0.25) is 5.91 Å². The summed E-state index contributed by atoms with van der Waals surface area (Å²) in [6.45, 7) is 1.24. The first-order valence-corrected chi connectivity index (χ1v) is 8.99. The molecule has 2 aromatic rings. The summed E-state index contributed by atoms with van der Waals surface area (Å²) in [7, 11) is 0. The van der Waals surface area contributed by atoms with E-state index >= 15 is 0 Å². The van der Waals surface area contributed by atoms with E-state index in [4.69, 9.17) is 0 Å². The normalized spacial score (nSPS) is 14.1. The Morgan fingerprint density at radius 1 is 1.24 bits per heavy atom. The number of carbonyl (C=O) groups excluding carboxylic acids is 1. The van der Waals surface area contributed by atoms with Gasteiger partial charge in [0.25, 0.3) is 0 Å². The summed E-state index contributed by atoms with van der Waals surface area (Å²) in [5, 5.41) is 4.08. The van der Waals surface area contributed by atoms with Crippen LogP contribution in [0.3, 0.4) is 0 Å². The molecular weight excluding hydrogens is 312 g/mol. The minimum Gasteiger partial charge on any atom is -0.329 e. The molecule has 1 aliphatic carbocycles. The standard InChI is InChI=1S/C20H24N4O/c25-20(13-7-14-23-17-21-16-22-23)24(19-11-4-5-12-19)15-6-10-18-8-2-1-3-9-18/h1-3,8-9,16-17,19H,4-5,7,11-15H2. The highest BCUT2D eigenvalue weighted by Gasteiger charge is 2.25. The van der Waals surface area contributed by atoms with Crippen molar-refractivity contribution in [2.24, 2.45) is 0 Å². The number of nitrogens with zero attached hydrogens (tertiary/aromatic N) is 4. The van der Waals surface area contributed by atoms with E-state index in [0.29, 0.717) is 19.0 Å². The second-order valence-corrected chi connectivity index (χ2v) is 6.39. The van der Waals surface area contributed by atoms with Crippen molar-refractivity contribution in [3.63, 3.8) is 0 Å². The maximum absolute atomic E-state index is 12.7. The van der Waals surface area contributed by atoms with Crippen LogP contribution in [-0.4, -0.2) is 38.2 Å². The zero-order valence-electron chi connectivity index (χ0n) is 14.5. The number of rotatable bonds is 6. The third kappa shape index (κ3) is 5.18. The molecule has 5 heteroatoms. The van der Waals surface area contributed by atoms with Crippen LogP contribution < -0.4 is 0 Å². The number of hydrogen-bond acceptors (Lipinski definition) is 3. The molecule has 0 atom stereocenters. The van der Waals surface area contributed by atoms with E-state index in [9.17, 15) is 4.79 Å². The predicted molar refractivity (Wildman–Crippen MR) is 96.5 cm³/mol. The van der Waals surface area contributed by atoms with Gasteiger partial charge < -0.3 is 4.90 Å². The lowest BCUT2D eigenvalue weighted by atomic mass is 10.1. The molecule has 1 saturated carbocycles. The van der Waals surface area contributed by atoms with Gasteiger partial charge in [-0.1, -0.05) is 42.9 Å². The highest BCUT2D eigenvalue weighted by Crippen LogP contribution is 2.24. The van der Waals surface area contributed by atoms with Crippen molar-refractivity contribution < 1.29 is 4.79 Å². The smallest absolute Gasteiger partial charge is 0.223 e. The van der Waals surface area contributed by atoms with Gasteiger partial charge in [-0.3, -0.25) is 9.48 Å². The van der Waals surface area contributed by atoms with Crippen LogP contribution in [0.1, 0.15) is 44.1 Å². The Morgan fingerprint density at radius 3 is 2.76 bits per heavy atom. The third-order valence-corrected chi connectivity index (χ3v) is 4.59. The van der Waals surface area contributed by atoms with Gasteiger partial charge in [-0.15, -0.1) is 0 Å². The molecule has 0 unspecified atom stereocenters. The van der Waals surface area contributed by atoms with Crippen molar-refractivity contribution in [2.75, 3.05) is 6.54 Å². The first-order chi connectivity index (χ1) is 12.3. The van der Waals surface area contributed by atoms with Crippen molar-refractivity contribution in [1.82, 2.24) is 19.7 Å². The van der Waals surface area contributed by atoms with E-state index in [1.165, 1.54) is 19.2 Å². The van der Waals surface area contributed by atoms with Gasteiger partial charge in [-0.05, 0) is 31.4 Å². The van der Waals surface area contributed by atoms with Gasteiger partial charge in [0.1, 0.15) is 12.7 Å². The summed E-state index contributed by atoms with van der Waals surface area (Å²) in [5.41, 5.74) is 0.993. The first kappa shape index (κ1) is 17.2. The second-order valence-electron chi connectivity index (χ2n) is 6.39. The molecule has 5 nitrogen and oxygen atoms in total. The average molecular weight is 336 g/mol. The lowest BCUT2D eigenvalue weighted by Crippen LogP contribution is -2.39. The van der Waals surface area contributed by atoms with Gasteiger partial charge in [0, 0.05) is 24.6 Å². The lowest BCUT2D eigenvalue weighted by molar-refractivity contribution is -0.132. The van der Waals surface area contributed by atoms with Crippen LogP contribution in [-0.2, 0) is 11.3 Å². The predicted octanol–water partition coefficient (Wildman–Crippen LogP) is 2.88. The molecule has 1 heterocycles. The quantitative estimate of drug-likeness (QED) is 0.762. The molecule has 0 saturated heterocycles. The summed E-state index contributed by atoms with van der Waals surface area (Å²) in [4.78, 5) is 18.6. The van der Waals surface area contributed by atoms with E-state index in [2.05, 4.69) is 21.9 Å². The summed E-state index contributed by atoms with van der Waals surface area (Å²) >= 11 is 0. The molecule has 1 amide bonds. The molecule has 1 fully saturated rings. The Kier molecular flexibility index (Phi) is 6.22. The second kappa shape index (κ2) is 9.03. The summed E-state index contributed by atoms with van der Waals surface area (Å²) < 4.78 is 1.77. The van der Waals surface area contributed by atoms with Crippen molar-refractivity contribution in [1.29, 1.82) is 0 Å². The number of amides is 1. The fourth-order valence-electron chi connectivity index (χ4n) is 3.27. The van der Waals surface area contributed by atoms with Crippen LogP contribution in [0.25, 0.3) is 0 Å². The molecule has 0 bridgehead atoms. The van der Waals surface area contributed by atoms with E-state index in [-0.39, 0.29) is 5.91 Å². The highest BCUT2D eigenvalue weighted by atomic mass is 16.2. The summed E-state index contributed by atoms with van der Waals surface area (Å²) in [6.07, 6.45) is 9.12. The van der Waals surface area contributed by atoms with Crippen molar-refractivity contribution in [2.45, 2.75) is 51.1 Å². The van der Waals surface area contributed by atoms with E-state index in [0.717, 1.165) is 31.4 Å². The number of benzene rings is 1. The van der Waals surface area contributed by atoms with Gasteiger partial charge in [-0.25, -0.2) is 4.98 Å². The van der Waals surface area contributed by atoms with Crippen LogP contribution in [0.4, 0.5) is 0 Å². The van der Waals surface area contributed by atoms with Gasteiger partial charge in [-0.2, -0.15) is 5.10 Å². The summed E-state index contributed by atoms with van der Waals surface area (Å²) in [6, 6.07) is 10.3. The fourth-order valence-corrected chi connectivity index (χ4v) is 3.27. The molecule has 25 heavy (non-hydrogen) atoms. The Bertz CT molecular complexity index is 709. The maximum Gasteiger partial charge on any atom is 0.223 e. The minimum absolute atomic E-state index is 0.203.